The SMILES string of the molecule is CC1(c2cccc(Nc3ccnc(NC#N)n3)c2)OCCO1. The van der Waals surface area contributed by atoms with Gasteiger partial charge in [0.2, 0.25) is 5.95 Å². The Morgan fingerprint density at radius 2 is 2.09 bits per heavy atom. The van der Waals surface area contributed by atoms with E-state index in [4.69, 9.17) is 14.7 Å². The number of nitrogens with one attached hydrogen (secondary N) is 2. The van der Waals surface area contributed by atoms with E-state index >= 15 is 0 Å². The van der Waals surface area contributed by atoms with Gasteiger partial charge in [0.25, 0.3) is 0 Å². The molecule has 7 nitrogen and oxygen atoms in total. The first-order valence-electron chi connectivity index (χ1n) is 6.83. The molecule has 3 rings (SSSR count). The van der Waals surface area contributed by atoms with Crippen molar-refractivity contribution in [3.63, 3.8) is 0 Å². The normalized spacial score (nSPS) is 16.0. The van der Waals surface area contributed by atoms with Crippen LogP contribution in [0.5, 0.6) is 0 Å². The van der Waals surface area contributed by atoms with Crippen LogP contribution in [0.15, 0.2) is 36.5 Å². The molecule has 1 saturated heterocycles. The molecule has 0 aliphatic carbocycles. The van der Waals surface area contributed by atoms with Gasteiger partial charge in [-0.2, -0.15) is 10.2 Å². The molecule has 1 aliphatic rings. The molecule has 0 radical (unpaired) electrons. The quantitative estimate of drug-likeness (QED) is 0.661. The lowest BCUT2D eigenvalue weighted by Crippen LogP contribution is -2.22. The van der Waals surface area contributed by atoms with Gasteiger partial charge in [-0.25, -0.2) is 4.98 Å². The van der Waals surface area contributed by atoms with Crippen molar-refractivity contribution in [2.45, 2.75) is 12.7 Å². The second-order valence-electron chi connectivity index (χ2n) is 4.85. The molecular weight excluding hydrogens is 282 g/mol. The Bertz CT molecular complexity index is 707. The van der Waals surface area contributed by atoms with Crippen LogP contribution in [0.4, 0.5) is 17.5 Å². The van der Waals surface area contributed by atoms with Crippen LogP contribution >= 0.6 is 0 Å². The number of nitrogens with zero attached hydrogens (tertiary/aromatic N) is 3. The van der Waals surface area contributed by atoms with Crippen molar-refractivity contribution in [1.82, 2.24) is 9.97 Å². The second-order valence-corrected chi connectivity index (χ2v) is 4.85. The smallest absolute Gasteiger partial charge is 0.238 e. The molecule has 1 aromatic carbocycles. The Balaban J connectivity index is 1.81. The molecule has 2 heterocycles. The van der Waals surface area contributed by atoms with Crippen LogP contribution in [0.3, 0.4) is 0 Å². The molecule has 0 spiro atoms. The van der Waals surface area contributed by atoms with E-state index in [0.717, 1.165) is 11.3 Å². The molecule has 0 saturated carbocycles. The van der Waals surface area contributed by atoms with Gasteiger partial charge in [0.1, 0.15) is 5.82 Å². The molecule has 0 amide bonds. The Kier molecular flexibility index (Phi) is 3.87. The number of hydrogen-bond donors (Lipinski definition) is 2. The molecular formula is C15H15N5O2. The number of rotatable bonds is 4. The maximum Gasteiger partial charge on any atom is 0.238 e. The first-order chi connectivity index (χ1) is 10.7. The first-order valence-corrected chi connectivity index (χ1v) is 6.83. The number of ether oxygens (including phenoxy) is 2. The highest BCUT2D eigenvalue weighted by molar-refractivity contribution is 5.58. The second kappa shape index (κ2) is 5.97. The highest BCUT2D eigenvalue weighted by atomic mass is 16.7. The van der Waals surface area contributed by atoms with Crippen LogP contribution in [-0.2, 0) is 15.3 Å². The molecule has 2 N–H and O–H groups in total. The average molecular weight is 297 g/mol. The summed E-state index contributed by atoms with van der Waals surface area (Å²) in [6.45, 7) is 3.07. The topological polar surface area (TPSA) is 92.1 Å². The number of hydrogen-bond acceptors (Lipinski definition) is 7. The predicted molar refractivity (Wildman–Crippen MR) is 80.2 cm³/mol. The largest absolute Gasteiger partial charge is 0.344 e. The fourth-order valence-electron chi connectivity index (χ4n) is 2.25. The van der Waals surface area contributed by atoms with Gasteiger partial charge in [-0.15, -0.1) is 0 Å². The number of aromatic nitrogens is 2. The molecule has 7 heteroatoms. The van der Waals surface area contributed by atoms with E-state index in [1.54, 1.807) is 18.5 Å². The van der Waals surface area contributed by atoms with Crippen molar-refractivity contribution in [2.75, 3.05) is 23.8 Å². The lowest BCUT2D eigenvalue weighted by Gasteiger charge is -2.23. The average Bonchev–Trinajstić information content (AvgIpc) is 2.97. The molecule has 22 heavy (non-hydrogen) atoms. The maximum absolute atomic E-state index is 8.60. The van der Waals surface area contributed by atoms with Crippen LogP contribution in [0.1, 0.15) is 12.5 Å². The highest BCUT2D eigenvalue weighted by Gasteiger charge is 2.33. The Morgan fingerprint density at radius 1 is 1.27 bits per heavy atom. The van der Waals surface area contributed by atoms with Crippen molar-refractivity contribution < 1.29 is 9.47 Å². The predicted octanol–water partition coefficient (Wildman–Crippen LogP) is 2.33. The number of anilines is 3. The minimum atomic E-state index is -0.711. The van der Waals surface area contributed by atoms with Crippen LogP contribution in [0, 0.1) is 11.5 Å². The zero-order valence-corrected chi connectivity index (χ0v) is 12.0. The fourth-order valence-corrected chi connectivity index (χ4v) is 2.25. The summed E-state index contributed by atoms with van der Waals surface area (Å²) >= 11 is 0. The summed E-state index contributed by atoms with van der Waals surface area (Å²) in [4.78, 5) is 8.12. The molecule has 1 aromatic heterocycles. The van der Waals surface area contributed by atoms with Crippen molar-refractivity contribution >= 4 is 17.5 Å². The molecule has 0 atom stereocenters. The zero-order chi connectivity index (χ0) is 15.4. The van der Waals surface area contributed by atoms with Crippen molar-refractivity contribution in [2.24, 2.45) is 0 Å². The zero-order valence-electron chi connectivity index (χ0n) is 12.0. The van der Waals surface area contributed by atoms with Gasteiger partial charge in [-0.05, 0) is 25.1 Å². The van der Waals surface area contributed by atoms with E-state index in [1.165, 1.54) is 0 Å². The minimum Gasteiger partial charge on any atom is -0.344 e. The lowest BCUT2D eigenvalue weighted by atomic mass is 10.1. The summed E-state index contributed by atoms with van der Waals surface area (Å²) in [5.41, 5.74) is 1.78. The van der Waals surface area contributed by atoms with E-state index in [0.29, 0.717) is 19.0 Å². The maximum atomic E-state index is 8.60. The molecule has 1 fully saturated rings. The number of benzene rings is 1. The van der Waals surface area contributed by atoms with Gasteiger partial charge >= 0.3 is 0 Å². The summed E-state index contributed by atoms with van der Waals surface area (Å²) < 4.78 is 11.3. The summed E-state index contributed by atoms with van der Waals surface area (Å²) in [6, 6.07) is 9.47. The third kappa shape index (κ3) is 2.98. The summed E-state index contributed by atoms with van der Waals surface area (Å²) in [7, 11) is 0. The third-order valence-corrected chi connectivity index (χ3v) is 3.32. The van der Waals surface area contributed by atoms with Crippen LogP contribution in [0.25, 0.3) is 0 Å². The van der Waals surface area contributed by atoms with Gasteiger partial charge < -0.3 is 14.8 Å². The van der Waals surface area contributed by atoms with Gasteiger partial charge in [0.15, 0.2) is 12.0 Å². The van der Waals surface area contributed by atoms with Crippen LogP contribution in [0.2, 0.25) is 0 Å². The molecule has 2 aromatic rings. The first kappa shape index (κ1) is 14.3. The van der Waals surface area contributed by atoms with Crippen molar-refractivity contribution in [1.29, 1.82) is 5.26 Å². The summed E-state index contributed by atoms with van der Waals surface area (Å²) in [5, 5.41) is 14.2. The third-order valence-electron chi connectivity index (χ3n) is 3.32. The molecule has 112 valence electrons. The minimum absolute atomic E-state index is 0.248. The summed E-state index contributed by atoms with van der Waals surface area (Å²) in [6.07, 6.45) is 3.36. The Hall–Kier alpha value is -2.69. The monoisotopic (exact) mass is 297 g/mol. The van der Waals surface area contributed by atoms with E-state index < -0.39 is 5.79 Å². The fraction of sp³-hybridized carbons (Fsp3) is 0.267. The van der Waals surface area contributed by atoms with Crippen molar-refractivity contribution in [3.05, 3.63) is 42.1 Å². The van der Waals surface area contributed by atoms with Crippen LogP contribution in [-0.4, -0.2) is 23.2 Å². The van der Waals surface area contributed by atoms with Gasteiger partial charge in [-0.1, -0.05) is 12.1 Å². The highest BCUT2D eigenvalue weighted by Crippen LogP contribution is 2.32. The van der Waals surface area contributed by atoms with Gasteiger partial charge in [0, 0.05) is 17.4 Å². The summed E-state index contributed by atoms with van der Waals surface area (Å²) in [5.74, 6) is 0.123. The van der Waals surface area contributed by atoms with E-state index in [-0.39, 0.29) is 5.95 Å². The van der Waals surface area contributed by atoms with Crippen LogP contribution < -0.4 is 10.6 Å². The molecule has 0 bridgehead atoms. The molecule has 0 unspecified atom stereocenters. The van der Waals surface area contributed by atoms with Gasteiger partial charge in [0.05, 0.1) is 13.2 Å². The standard InChI is InChI=1S/C15H15N5O2/c1-15(21-7-8-22-15)11-3-2-4-12(9-11)19-13-5-6-17-14(20-13)18-10-16/h2-6,9H,7-8H2,1H3,(H2,17,18,19,20). The number of nitriles is 1. The Morgan fingerprint density at radius 3 is 2.86 bits per heavy atom. The van der Waals surface area contributed by atoms with Gasteiger partial charge in [-0.3, -0.25) is 5.32 Å². The van der Waals surface area contributed by atoms with E-state index in [2.05, 4.69) is 20.6 Å². The Labute approximate surface area is 127 Å². The van der Waals surface area contributed by atoms with E-state index in [1.807, 2.05) is 31.2 Å². The van der Waals surface area contributed by atoms with E-state index in [9.17, 15) is 0 Å². The lowest BCUT2D eigenvalue weighted by molar-refractivity contribution is -0.149. The molecule has 1 aliphatic heterocycles. The van der Waals surface area contributed by atoms with Crippen molar-refractivity contribution in [3.8, 4) is 6.19 Å².